The lowest BCUT2D eigenvalue weighted by molar-refractivity contribution is 0.0754. The van der Waals surface area contributed by atoms with E-state index in [9.17, 15) is 5.11 Å². The fraction of sp³-hybridized carbons (Fsp3) is 0.435. The predicted molar refractivity (Wildman–Crippen MR) is 108 cm³/mol. The third-order valence-electron chi connectivity index (χ3n) is 6.58. The van der Waals surface area contributed by atoms with Crippen LogP contribution in [-0.4, -0.2) is 14.5 Å². The van der Waals surface area contributed by atoms with E-state index in [4.69, 9.17) is 5.73 Å². The van der Waals surface area contributed by atoms with Gasteiger partial charge < -0.3 is 15.2 Å². The van der Waals surface area contributed by atoms with Crippen molar-refractivity contribution in [2.75, 3.05) is 5.73 Å². The summed E-state index contributed by atoms with van der Waals surface area (Å²) in [6.45, 7) is 0. The van der Waals surface area contributed by atoms with Crippen LogP contribution in [0.15, 0.2) is 48.9 Å². The Labute approximate surface area is 160 Å². The number of rotatable bonds is 4. The average molecular weight is 361 g/mol. The smallest absolute Gasteiger partial charge is 0.0995 e. The van der Waals surface area contributed by atoms with Gasteiger partial charge in [-0.15, -0.1) is 0 Å². The van der Waals surface area contributed by atoms with Gasteiger partial charge in [-0.25, -0.2) is 4.98 Å². The first kappa shape index (κ1) is 16.8. The standard InChI is InChI=1S/C23H27N3O/c24-19-9-7-16(8-10-19)15-1-5-18(6-2-15)23(27)22-21(17-3-4-17)12-11-20-13-25-14-26(20)22/h7-15,17-18,23,27H,1-6,24H2/t15?,18?,23-/m0/s1. The quantitative estimate of drug-likeness (QED) is 0.656. The summed E-state index contributed by atoms with van der Waals surface area (Å²) in [5.74, 6) is 1.52. The lowest BCUT2D eigenvalue weighted by atomic mass is 9.75. The van der Waals surface area contributed by atoms with Gasteiger partial charge in [-0.3, -0.25) is 0 Å². The maximum Gasteiger partial charge on any atom is 0.0995 e. The molecule has 4 nitrogen and oxygen atoms in total. The fourth-order valence-corrected chi connectivity index (χ4v) is 4.84. The first-order chi connectivity index (χ1) is 13.2. The summed E-state index contributed by atoms with van der Waals surface area (Å²) in [5, 5.41) is 11.3. The van der Waals surface area contributed by atoms with Gasteiger partial charge in [0.2, 0.25) is 0 Å². The number of aliphatic hydroxyl groups excluding tert-OH is 1. The fourth-order valence-electron chi connectivity index (χ4n) is 4.84. The normalized spacial score (nSPS) is 24.2. The van der Waals surface area contributed by atoms with Crippen LogP contribution in [0, 0.1) is 5.92 Å². The molecular weight excluding hydrogens is 334 g/mol. The van der Waals surface area contributed by atoms with Crippen molar-refractivity contribution in [1.29, 1.82) is 0 Å². The monoisotopic (exact) mass is 361 g/mol. The number of nitrogens with two attached hydrogens (primary N) is 1. The molecule has 0 amide bonds. The molecule has 27 heavy (non-hydrogen) atoms. The lowest BCUT2D eigenvalue weighted by Gasteiger charge is -2.33. The van der Waals surface area contributed by atoms with E-state index in [1.54, 1.807) is 0 Å². The van der Waals surface area contributed by atoms with Crippen LogP contribution in [0.1, 0.15) is 73.3 Å². The molecule has 0 unspecified atom stereocenters. The van der Waals surface area contributed by atoms with Crippen molar-refractivity contribution >= 4 is 11.2 Å². The number of imidazole rings is 1. The van der Waals surface area contributed by atoms with Crippen molar-refractivity contribution in [2.24, 2.45) is 5.92 Å². The molecule has 2 fully saturated rings. The van der Waals surface area contributed by atoms with E-state index in [-0.39, 0.29) is 0 Å². The van der Waals surface area contributed by atoms with Gasteiger partial charge in [0.05, 0.1) is 29.8 Å². The summed E-state index contributed by atoms with van der Waals surface area (Å²) < 4.78 is 2.12. The van der Waals surface area contributed by atoms with Gasteiger partial charge >= 0.3 is 0 Å². The van der Waals surface area contributed by atoms with Crippen LogP contribution in [-0.2, 0) is 0 Å². The molecule has 3 aromatic rings. The Morgan fingerprint density at radius 2 is 1.63 bits per heavy atom. The predicted octanol–water partition coefficient (Wildman–Crippen LogP) is 4.80. The van der Waals surface area contributed by atoms with Gasteiger partial charge in [0, 0.05) is 5.69 Å². The Bertz CT molecular complexity index is 934. The summed E-state index contributed by atoms with van der Waals surface area (Å²) in [6.07, 6.45) is 10.2. The minimum atomic E-state index is -0.411. The van der Waals surface area contributed by atoms with Gasteiger partial charge in [-0.1, -0.05) is 18.2 Å². The Morgan fingerprint density at radius 1 is 0.926 bits per heavy atom. The molecule has 3 N–H and O–H groups in total. The van der Waals surface area contributed by atoms with Gasteiger partial charge in [-0.2, -0.15) is 0 Å². The van der Waals surface area contributed by atoms with Crippen molar-refractivity contribution in [3.8, 4) is 0 Å². The van der Waals surface area contributed by atoms with Gasteiger partial charge in [0.1, 0.15) is 0 Å². The van der Waals surface area contributed by atoms with Gasteiger partial charge in [0.15, 0.2) is 0 Å². The number of aliphatic hydroxyl groups is 1. The van der Waals surface area contributed by atoms with Gasteiger partial charge in [0.25, 0.3) is 0 Å². The molecule has 0 aliphatic heterocycles. The number of pyridine rings is 1. The number of nitrogens with zero attached hydrogens (tertiary/aromatic N) is 2. The molecule has 1 aromatic carbocycles. The van der Waals surface area contributed by atoms with E-state index in [0.717, 1.165) is 42.6 Å². The third-order valence-corrected chi connectivity index (χ3v) is 6.58. The average Bonchev–Trinajstić information content (AvgIpc) is 3.44. The van der Waals surface area contributed by atoms with Crippen molar-refractivity contribution in [1.82, 2.24) is 9.38 Å². The molecule has 0 spiro atoms. The lowest BCUT2D eigenvalue weighted by Crippen LogP contribution is -2.22. The Balaban J connectivity index is 1.37. The number of hydrogen-bond donors (Lipinski definition) is 2. The second kappa shape index (κ2) is 6.68. The van der Waals surface area contributed by atoms with Crippen molar-refractivity contribution < 1.29 is 5.11 Å². The van der Waals surface area contributed by atoms with Crippen LogP contribution in [0.5, 0.6) is 0 Å². The van der Waals surface area contributed by atoms with E-state index in [2.05, 4.69) is 33.7 Å². The highest BCUT2D eigenvalue weighted by molar-refractivity contribution is 5.50. The molecule has 2 saturated carbocycles. The highest BCUT2D eigenvalue weighted by Gasteiger charge is 2.34. The summed E-state index contributed by atoms with van der Waals surface area (Å²) in [4.78, 5) is 4.31. The summed E-state index contributed by atoms with van der Waals surface area (Å²) in [7, 11) is 0. The zero-order valence-corrected chi connectivity index (χ0v) is 15.6. The number of benzene rings is 1. The minimum Gasteiger partial charge on any atom is -0.399 e. The summed E-state index contributed by atoms with van der Waals surface area (Å²) >= 11 is 0. The van der Waals surface area contributed by atoms with E-state index < -0.39 is 6.10 Å². The molecule has 2 aliphatic rings. The summed E-state index contributed by atoms with van der Waals surface area (Å²) in [6, 6.07) is 12.7. The number of fused-ring (bicyclic) bond motifs is 1. The molecule has 0 radical (unpaired) electrons. The first-order valence-electron chi connectivity index (χ1n) is 10.2. The molecule has 2 aliphatic carbocycles. The molecule has 1 atom stereocenters. The van der Waals surface area contributed by atoms with E-state index in [1.165, 1.54) is 24.0 Å². The molecule has 0 saturated heterocycles. The molecule has 4 heteroatoms. The Morgan fingerprint density at radius 3 is 2.33 bits per heavy atom. The van der Waals surface area contributed by atoms with E-state index in [0.29, 0.717) is 17.8 Å². The molecule has 140 valence electrons. The molecule has 0 bridgehead atoms. The summed E-state index contributed by atoms with van der Waals surface area (Å²) in [5.41, 5.74) is 11.5. The maximum atomic E-state index is 11.3. The molecule has 5 rings (SSSR count). The van der Waals surface area contributed by atoms with Crippen molar-refractivity contribution in [3.05, 3.63) is 65.7 Å². The van der Waals surface area contributed by atoms with Crippen LogP contribution in [0.25, 0.3) is 5.52 Å². The zero-order chi connectivity index (χ0) is 18.4. The number of nitrogen functional groups attached to an aromatic ring is 1. The van der Waals surface area contributed by atoms with Crippen LogP contribution in [0.4, 0.5) is 5.69 Å². The molecule has 2 heterocycles. The van der Waals surface area contributed by atoms with Gasteiger partial charge in [-0.05, 0) is 85.6 Å². The topological polar surface area (TPSA) is 63.5 Å². The van der Waals surface area contributed by atoms with E-state index >= 15 is 0 Å². The van der Waals surface area contributed by atoms with Crippen LogP contribution < -0.4 is 5.73 Å². The van der Waals surface area contributed by atoms with Crippen LogP contribution >= 0.6 is 0 Å². The minimum absolute atomic E-state index is 0.320. The van der Waals surface area contributed by atoms with Crippen LogP contribution in [0.3, 0.4) is 0 Å². The second-order valence-electron chi connectivity index (χ2n) is 8.36. The third kappa shape index (κ3) is 3.12. The van der Waals surface area contributed by atoms with Crippen LogP contribution in [0.2, 0.25) is 0 Å². The molecular formula is C23H27N3O. The first-order valence-corrected chi connectivity index (χ1v) is 10.2. The van der Waals surface area contributed by atoms with Crippen molar-refractivity contribution in [3.63, 3.8) is 0 Å². The van der Waals surface area contributed by atoms with E-state index in [1.807, 2.05) is 24.7 Å². The number of hydrogen-bond acceptors (Lipinski definition) is 3. The Kier molecular flexibility index (Phi) is 4.16. The van der Waals surface area contributed by atoms with Crippen molar-refractivity contribution in [2.45, 2.75) is 56.5 Å². The maximum absolute atomic E-state index is 11.3. The number of anilines is 1. The second-order valence-corrected chi connectivity index (χ2v) is 8.36. The zero-order valence-electron chi connectivity index (χ0n) is 15.6. The Hall–Kier alpha value is -2.33. The molecule has 2 aromatic heterocycles. The SMILES string of the molecule is Nc1ccc(C2CCC([C@H](O)c3c(C4CC4)ccc4cncn34)CC2)cc1. The largest absolute Gasteiger partial charge is 0.399 e. The highest BCUT2D eigenvalue weighted by atomic mass is 16.3. The number of aromatic nitrogens is 2. The highest BCUT2D eigenvalue weighted by Crippen LogP contribution is 2.47.